The molecule has 0 radical (unpaired) electrons. The first-order valence-corrected chi connectivity index (χ1v) is 8.00. The fourth-order valence-electron chi connectivity index (χ4n) is 4.08. The highest BCUT2D eigenvalue weighted by atomic mass is 16.2. The van der Waals surface area contributed by atoms with Gasteiger partial charge in [-0.3, -0.25) is 0 Å². The minimum absolute atomic E-state index is 0.0310. The summed E-state index contributed by atoms with van der Waals surface area (Å²) in [5, 5.41) is 3.10. The Morgan fingerprint density at radius 1 is 1.29 bits per heavy atom. The summed E-state index contributed by atoms with van der Waals surface area (Å²) in [7, 11) is 0. The molecule has 2 unspecified atom stereocenters. The standard InChI is InChI=1S/C18H26N2O/c1-17(2)15-9-10-18(3,11-15)13-20(17)16(21)19-12-14-7-5-4-6-8-14/h4-8,15H,9-13H2,1-3H3,(H,19,21). The molecule has 0 spiro atoms. The van der Waals surface area contributed by atoms with E-state index in [0.29, 0.717) is 17.9 Å². The second-order valence-electron chi connectivity index (χ2n) is 7.63. The summed E-state index contributed by atoms with van der Waals surface area (Å²) in [6.07, 6.45) is 3.78. The van der Waals surface area contributed by atoms with Crippen LogP contribution < -0.4 is 5.32 Å². The Morgan fingerprint density at radius 2 is 2.00 bits per heavy atom. The van der Waals surface area contributed by atoms with Crippen LogP contribution in [-0.2, 0) is 6.54 Å². The maximum atomic E-state index is 12.7. The van der Waals surface area contributed by atoms with Crippen molar-refractivity contribution in [3.05, 3.63) is 35.9 Å². The van der Waals surface area contributed by atoms with Crippen molar-refractivity contribution in [2.24, 2.45) is 11.3 Å². The van der Waals surface area contributed by atoms with Crippen molar-refractivity contribution < 1.29 is 4.79 Å². The Labute approximate surface area is 127 Å². The van der Waals surface area contributed by atoms with Crippen LogP contribution in [0.1, 0.15) is 45.6 Å². The number of urea groups is 1. The van der Waals surface area contributed by atoms with Gasteiger partial charge < -0.3 is 10.2 Å². The van der Waals surface area contributed by atoms with E-state index in [4.69, 9.17) is 0 Å². The molecule has 1 saturated carbocycles. The Balaban J connectivity index is 1.69. The molecule has 2 atom stereocenters. The van der Waals surface area contributed by atoms with Gasteiger partial charge in [0.2, 0.25) is 0 Å². The third-order valence-electron chi connectivity index (χ3n) is 5.60. The van der Waals surface area contributed by atoms with Gasteiger partial charge in [0.15, 0.2) is 0 Å². The maximum Gasteiger partial charge on any atom is 0.318 e. The van der Waals surface area contributed by atoms with Crippen molar-refractivity contribution in [3.63, 3.8) is 0 Å². The molecule has 21 heavy (non-hydrogen) atoms. The summed E-state index contributed by atoms with van der Waals surface area (Å²) in [5.74, 6) is 0.638. The number of hydrogen-bond donors (Lipinski definition) is 1. The quantitative estimate of drug-likeness (QED) is 0.881. The van der Waals surface area contributed by atoms with Crippen molar-refractivity contribution >= 4 is 6.03 Å². The summed E-state index contributed by atoms with van der Waals surface area (Å²) in [4.78, 5) is 14.7. The largest absolute Gasteiger partial charge is 0.334 e. The number of likely N-dealkylation sites (tertiary alicyclic amines) is 1. The van der Waals surface area contributed by atoms with Crippen LogP contribution in [0.15, 0.2) is 30.3 Å². The Bertz CT molecular complexity index is 525. The second kappa shape index (κ2) is 5.04. The summed E-state index contributed by atoms with van der Waals surface area (Å²) < 4.78 is 0. The third kappa shape index (κ3) is 2.66. The molecule has 0 aromatic heterocycles. The SMILES string of the molecule is CC12CCC(C1)C(C)(C)N(C(=O)NCc1ccccc1)C2. The molecule has 2 amide bonds. The van der Waals surface area contributed by atoms with Gasteiger partial charge in [-0.25, -0.2) is 4.79 Å². The third-order valence-corrected chi connectivity index (χ3v) is 5.60. The van der Waals surface area contributed by atoms with Crippen molar-refractivity contribution in [2.45, 2.75) is 52.1 Å². The Kier molecular flexibility index (Phi) is 3.46. The first-order chi connectivity index (χ1) is 9.91. The maximum absolute atomic E-state index is 12.7. The van der Waals surface area contributed by atoms with Gasteiger partial charge in [-0.05, 0) is 50.0 Å². The van der Waals surface area contributed by atoms with Gasteiger partial charge >= 0.3 is 6.03 Å². The molecule has 2 bridgehead atoms. The van der Waals surface area contributed by atoms with Crippen molar-refractivity contribution in [3.8, 4) is 0 Å². The van der Waals surface area contributed by atoms with Crippen LogP contribution in [0.3, 0.4) is 0 Å². The topological polar surface area (TPSA) is 32.3 Å². The zero-order valence-electron chi connectivity index (χ0n) is 13.4. The zero-order valence-corrected chi connectivity index (χ0v) is 13.4. The van der Waals surface area contributed by atoms with Crippen molar-refractivity contribution in [1.82, 2.24) is 10.2 Å². The monoisotopic (exact) mass is 286 g/mol. The number of nitrogens with one attached hydrogen (secondary N) is 1. The van der Waals surface area contributed by atoms with Gasteiger partial charge in [0, 0.05) is 18.6 Å². The molecule has 1 heterocycles. The number of nitrogens with zero attached hydrogens (tertiary/aromatic N) is 1. The Hall–Kier alpha value is -1.51. The molecule has 3 nitrogen and oxygen atoms in total. The van der Waals surface area contributed by atoms with Crippen LogP contribution in [0, 0.1) is 11.3 Å². The minimum atomic E-state index is -0.0310. The number of carbonyl (C=O) groups excluding carboxylic acids is 1. The van der Waals surface area contributed by atoms with E-state index in [1.54, 1.807) is 0 Å². The van der Waals surface area contributed by atoms with E-state index >= 15 is 0 Å². The lowest BCUT2D eigenvalue weighted by molar-refractivity contribution is 0.0239. The number of benzene rings is 1. The van der Waals surface area contributed by atoms with Gasteiger partial charge in [0.05, 0.1) is 0 Å². The van der Waals surface area contributed by atoms with Gasteiger partial charge in [0.1, 0.15) is 0 Å². The molecule has 1 N–H and O–H groups in total. The van der Waals surface area contributed by atoms with Gasteiger partial charge in [-0.2, -0.15) is 0 Å². The highest BCUT2D eigenvalue weighted by molar-refractivity contribution is 5.75. The minimum Gasteiger partial charge on any atom is -0.334 e. The molecule has 114 valence electrons. The number of carbonyl (C=O) groups is 1. The fourth-order valence-corrected chi connectivity index (χ4v) is 4.08. The normalized spacial score (nSPS) is 30.2. The van der Waals surface area contributed by atoms with Gasteiger partial charge in [0.25, 0.3) is 0 Å². The smallest absolute Gasteiger partial charge is 0.318 e. The van der Waals surface area contributed by atoms with Gasteiger partial charge in [-0.1, -0.05) is 37.3 Å². The number of rotatable bonds is 2. The summed E-state index contributed by atoms with van der Waals surface area (Å²) in [6.45, 7) is 8.28. The molecule has 3 rings (SSSR count). The second-order valence-corrected chi connectivity index (χ2v) is 7.63. The number of hydrogen-bond acceptors (Lipinski definition) is 1. The van der Waals surface area contributed by atoms with E-state index in [2.05, 4.69) is 31.0 Å². The lowest BCUT2D eigenvalue weighted by Crippen LogP contribution is -2.60. The Morgan fingerprint density at radius 3 is 2.71 bits per heavy atom. The average Bonchev–Trinajstić information content (AvgIpc) is 2.82. The van der Waals surface area contributed by atoms with E-state index in [0.717, 1.165) is 12.1 Å². The predicted molar refractivity (Wildman–Crippen MR) is 84.9 cm³/mol. The van der Waals surface area contributed by atoms with Crippen LogP contribution in [0.25, 0.3) is 0 Å². The van der Waals surface area contributed by atoms with E-state index in [9.17, 15) is 4.79 Å². The van der Waals surface area contributed by atoms with Crippen LogP contribution >= 0.6 is 0 Å². The van der Waals surface area contributed by atoms with Crippen LogP contribution in [0.4, 0.5) is 4.79 Å². The van der Waals surface area contributed by atoms with Crippen molar-refractivity contribution in [2.75, 3.05) is 6.54 Å². The molecule has 1 aliphatic carbocycles. The molecule has 3 heteroatoms. The highest BCUT2D eigenvalue weighted by Gasteiger charge is 2.52. The van der Waals surface area contributed by atoms with Gasteiger partial charge in [-0.15, -0.1) is 0 Å². The molecule has 1 aromatic rings. The molecule has 1 saturated heterocycles. The van der Waals surface area contributed by atoms with E-state index in [-0.39, 0.29) is 11.6 Å². The van der Waals surface area contributed by atoms with Crippen LogP contribution in [0.2, 0.25) is 0 Å². The molecule has 2 aliphatic rings. The highest BCUT2D eigenvalue weighted by Crippen LogP contribution is 2.52. The first-order valence-electron chi connectivity index (χ1n) is 8.00. The number of fused-ring (bicyclic) bond motifs is 2. The molecule has 2 fully saturated rings. The molecule has 1 aromatic carbocycles. The fraction of sp³-hybridized carbons (Fsp3) is 0.611. The molecule has 1 aliphatic heterocycles. The average molecular weight is 286 g/mol. The summed E-state index contributed by atoms with van der Waals surface area (Å²) in [5.41, 5.74) is 1.44. The number of amides is 2. The summed E-state index contributed by atoms with van der Waals surface area (Å²) >= 11 is 0. The molecular formula is C18H26N2O. The zero-order chi connectivity index (χ0) is 15.1. The van der Waals surface area contributed by atoms with Crippen LogP contribution in [0.5, 0.6) is 0 Å². The molecular weight excluding hydrogens is 260 g/mol. The van der Waals surface area contributed by atoms with E-state index in [1.165, 1.54) is 19.3 Å². The van der Waals surface area contributed by atoms with Crippen molar-refractivity contribution in [1.29, 1.82) is 0 Å². The predicted octanol–water partition coefficient (Wildman–Crippen LogP) is 3.80. The van der Waals surface area contributed by atoms with E-state index < -0.39 is 0 Å². The lowest BCUT2D eigenvalue weighted by Gasteiger charge is -2.49. The first kappa shape index (κ1) is 14.4. The lowest BCUT2D eigenvalue weighted by atomic mass is 9.75. The van der Waals surface area contributed by atoms with Crippen LogP contribution in [-0.4, -0.2) is 23.0 Å². The van der Waals surface area contributed by atoms with E-state index in [1.807, 2.05) is 30.3 Å². The number of piperidine rings is 1. The summed E-state index contributed by atoms with van der Waals surface area (Å²) in [6, 6.07) is 10.2.